The number of allylic oxidation sites excluding steroid dienone is 2. The van der Waals surface area contributed by atoms with Crippen molar-refractivity contribution in [2.24, 2.45) is 22.4 Å². The van der Waals surface area contributed by atoms with Gasteiger partial charge >= 0.3 is 5.97 Å². The molecule has 0 amide bonds. The molecule has 1 aliphatic carbocycles. The highest BCUT2D eigenvalue weighted by Crippen LogP contribution is 2.59. The number of carbonyl (C=O) groups excluding carboxylic acids is 1. The third kappa shape index (κ3) is 3.34. The van der Waals surface area contributed by atoms with Gasteiger partial charge in [-0.05, 0) is 37.7 Å². The van der Waals surface area contributed by atoms with E-state index in [0.717, 1.165) is 5.57 Å². The average molecular weight is 253 g/mol. The minimum Gasteiger partial charge on any atom is -0.469 e. The summed E-state index contributed by atoms with van der Waals surface area (Å²) in [6.45, 7) is 9.95. The van der Waals surface area contributed by atoms with Gasteiger partial charge in [-0.1, -0.05) is 25.1 Å². The van der Waals surface area contributed by atoms with Crippen molar-refractivity contribution < 1.29 is 14.4 Å². The van der Waals surface area contributed by atoms with Crippen LogP contribution >= 0.6 is 0 Å². The summed E-state index contributed by atoms with van der Waals surface area (Å²) in [5.41, 5.74) is 0.973. The van der Waals surface area contributed by atoms with Crippen LogP contribution in [0.1, 0.15) is 34.6 Å². The molecule has 4 nitrogen and oxygen atoms in total. The smallest absolute Gasteiger partial charge is 0.309 e. The Morgan fingerprint density at radius 3 is 2.50 bits per heavy atom. The van der Waals surface area contributed by atoms with Crippen LogP contribution in [0.25, 0.3) is 0 Å². The van der Waals surface area contributed by atoms with Crippen LogP contribution in [0.3, 0.4) is 0 Å². The van der Waals surface area contributed by atoms with Gasteiger partial charge in [0.1, 0.15) is 6.10 Å². The summed E-state index contributed by atoms with van der Waals surface area (Å²) in [4.78, 5) is 16.7. The van der Waals surface area contributed by atoms with E-state index in [0.29, 0.717) is 0 Å². The van der Waals surface area contributed by atoms with E-state index in [-0.39, 0.29) is 29.3 Å². The number of carbonyl (C=O) groups is 1. The van der Waals surface area contributed by atoms with Crippen LogP contribution in [-0.2, 0) is 14.4 Å². The van der Waals surface area contributed by atoms with Crippen LogP contribution in [0.15, 0.2) is 16.8 Å². The molecule has 1 saturated carbocycles. The van der Waals surface area contributed by atoms with Gasteiger partial charge in [-0.3, -0.25) is 4.79 Å². The fourth-order valence-electron chi connectivity index (χ4n) is 2.13. The molecule has 0 N–H and O–H groups in total. The predicted octanol–water partition coefficient (Wildman–Crippen LogP) is 2.79. The second-order valence-electron chi connectivity index (χ2n) is 5.65. The van der Waals surface area contributed by atoms with Crippen molar-refractivity contribution in [1.29, 1.82) is 0 Å². The lowest BCUT2D eigenvalue weighted by atomic mass is 10.1. The van der Waals surface area contributed by atoms with Crippen molar-refractivity contribution in [2.75, 3.05) is 7.11 Å². The molecule has 0 spiro atoms. The molecule has 2 unspecified atom stereocenters. The zero-order valence-corrected chi connectivity index (χ0v) is 12.1. The quantitative estimate of drug-likeness (QED) is 0.430. The van der Waals surface area contributed by atoms with Crippen molar-refractivity contribution in [3.63, 3.8) is 0 Å². The normalized spacial score (nSPS) is 26.5. The number of nitrogens with zero attached hydrogens (tertiary/aromatic N) is 1. The van der Waals surface area contributed by atoms with Crippen molar-refractivity contribution in [2.45, 2.75) is 40.7 Å². The van der Waals surface area contributed by atoms with E-state index in [9.17, 15) is 4.79 Å². The number of rotatable bonds is 5. The molecule has 2 atom stereocenters. The van der Waals surface area contributed by atoms with E-state index in [1.165, 1.54) is 7.11 Å². The van der Waals surface area contributed by atoms with E-state index in [1.807, 2.05) is 20.8 Å². The Morgan fingerprint density at radius 2 is 2.00 bits per heavy atom. The maximum atomic E-state index is 11.6. The Balaban J connectivity index is 2.62. The molecule has 1 fully saturated rings. The van der Waals surface area contributed by atoms with Gasteiger partial charge in [0.15, 0.2) is 0 Å². The molecule has 102 valence electrons. The molecule has 1 rings (SSSR count). The molecule has 4 heteroatoms. The van der Waals surface area contributed by atoms with Gasteiger partial charge in [-0.2, -0.15) is 0 Å². The first-order chi connectivity index (χ1) is 8.30. The van der Waals surface area contributed by atoms with Gasteiger partial charge < -0.3 is 9.57 Å². The van der Waals surface area contributed by atoms with Crippen LogP contribution in [-0.4, -0.2) is 25.4 Å². The number of hydrogen-bond donors (Lipinski definition) is 0. The van der Waals surface area contributed by atoms with Crippen molar-refractivity contribution in [3.05, 3.63) is 11.6 Å². The molecule has 0 saturated heterocycles. The molecular formula is C14H23NO3. The largest absolute Gasteiger partial charge is 0.469 e. The van der Waals surface area contributed by atoms with Gasteiger partial charge in [0.05, 0.1) is 19.2 Å². The van der Waals surface area contributed by atoms with Crippen LogP contribution in [0.5, 0.6) is 0 Å². The summed E-state index contributed by atoms with van der Waals surface area (Å²) in [6.07, 6.45) is 3.83. The topological polar surface area (TPSA) is 47.9 Å². The first-order valence-corrected chi connectivity index (χ1v) is 6.26. The highest BCUT2D eigenvalue weighted by molar-refractivity contribution is 5.80. The summed E-state index contributed by atoms with van der Waals surface area (Å²) in [7, 11) is 1.43. The number of hydrogen-bond acceptors (Lipinski definition) is 4. The maximum Gasteiger partial charge on any atom is 0.309 e. The third-order valence-corrected chi connectivity index (χ3v) is 3.34. The Hall–Kier alpha value is -1.32. The zero-order chi connectivity index (χ0) is 13.9. The molecule has 0 radical (unpaired) electrons. The van der Waals surface area contributed by atoms with Gasteiger partial charge in [-0.25, -0.2) is 0 Å². The first-order valence-electron chi connectivity index (χ1n) is 6.26. The highest BCUT2D eigenvalue weighted by Gasteiger charge is 2.61. The molecule has 0 heterocycles. The molecule has 1 aliphatic rings. The lowest BCUT2D eigenvalue weighted by Gasteiger charge is -2.01. The summed E-state index contributed by atoms with van der Waals surface area (Å²) >= 11 is 0. The number of methoxy groups -OCH3 is 1. The number of ether oxygens (including phenoxy) is 1. The first kappa shape index (κ1) is 14.7. The molecular weight excluding hydrogens is 230 g/mol. The molecule has 0 bridgehead atoms. The second kappa shape index (κ2) is 5.55. The predicted molar refractivity (Wildman–Crippen MR) is 71.2 cm³/mol. The van der Waals surface area contributed by atoms with Crippen LogP contribution in [0.2, 0.25) is 0 Å². The number of oxime groups is 1. The second-order valence-corrected chi connectivity index (χ2v) is 5.65. The standard InChI is InChI=1S/C14H23NO3/c1-9(2)18-15-8-10(3)7-11-12(13(16)17-6)14(11,4)5/h7-9,11-12H,1-6H3/b10-7+,15-8+. The van der Waals surface area contributed by atoms with E-state index >= 15 is 0 Å². The van der Waals surface area contributed by atoms with Crippen LogP contribution < -0.4 is 0 Å². The molecule has 18 heavy (non-hydrogen) atoms. The lowest BCUT2D eigenvalue weighted by molar-refractivity contribution is -0.143. The van der Waals surface area contributed by atoms with Gasteiger partial charge in [0.25, 0.3) is 0 Å². The third-order valence-electron chi connectivity index (χ3n) is 3.34. The van der Waals surface area contributed by atoms with E-state index in [4.69, 9.17) is 9.57 Å². The van der Waals surface area contributed by atoms with E-state index in [1.54, 1.807) is 6.21 Å². The summed E-state index contributed by atoms with van der Waals surface area (Å²) < 4.78 is 4.81. The molecule has 0 aliphatic heterocycles. The Kier molecular flexibility index (Phi) is 4.54. The van der Waals surface area contributed by atoms with Crippen molar-refractivity contribution >= 4 is 12.2 Å². The maximum absolute atomic E-state index is 11.6. The van der Waals surface area contributed by atoms with E-state index in [2.05, 4.69) is 25.1 Å². The van der Waals surface area contributed by atoms with Gasteiger partial charge in [-0.15, -0.1) is 0 Å². The van der Waals surface area contributed by atoms with Gasteiger partial charge in [0, 0.05) is 0 Å². The minimum absolute atomic E-state index is 0.0267. The zero-order valence-electron chi connectivity index (χ0n) is 12.1. The fourth-order valence-corrected chi connectivity index (χ4v) is 2.13. The summed E-state index contributed by atoms with van der Waals surface area (Å²) in [5.74, 6) is 0.0386. The highest BCUT2D eigenvalue weighted by atomic mass is 16.6. The minimum atomic E-state index is -0.135. The van der Waals surface area contributed by atoms with Gasteiger partial charge in [0.2, 0.25) is 0 Å². The lowest BCUT2D eigenvalue weighted by Crippen LogP contribution is -2.07. The fraction of sp³-hybridized carbons (Fsp3) is 0.714. The molecule has 0 aromatic carbocycles. The van der Waals surface area contributed by atoms with Crippen LogP contribution in [0.4, 0.5) is 0 Å². The molecule has 0 aromatic heterocycles. The number of esters is 1. The summed E-state index contributed by atoms with van der Waals surface area (Å²) in [6, 6.07) is 0. The Bertz CT molecular complexity index is 369. The Labute approximate surface area is 109 Å². The Morgan fingerprint density at radius 1 is 1.39 bits per heavy atom. The van der Waals surface area contributed by atoms with Crippen molar-refractivity contribution in [1.82, 2.24) is 0 Å². The average Bonchev–Trinajstić information content (AvgIpc) is 2.78. The SMILES string of the molecule is COC(=O)C1C(/C=C(C)/C=N/OC(C)C)C1(C)C. The van der Waals surface area contributed by atoms with Crippen molar-refractivity contribution in [3.8, 4) is 0 Å². The van der Waals surface area contributed by atoms with Crippen LogP contribution in [0, 0.1) is 17.3 Å². The summed E-state index contributed by atoms with van der Waals surface area (Å²) in [5, 5.41) is 3.88. The van der Waals surface area contributed by atoms with E-state index < -0.39 is 0 Å². The molecule has 0 aromatic rings. The monoisotopic (exact) mass is 253 g/mol.